The predicted octanol–water partition coefficient (Wildman–Crippen LogP) is 4.08. The van der Waals surface area contributed by atoms with Crippen molar-refractivity contribution in [2.45, 2.75) is 33.0 Å². The van der Waals surface area contributed by atoms with Gasteiger partial charge in [-0.1, -0.05) is 61.5 Å². The van der Waals surface area contributed by atoms with Gasteiger partial charge in [-0.15, -0.1) is 0 Å². The summed E-state index contributed by atoms with van der Waals surface area (Å²) in [6.07, 6.45) is 5.11. The molecular formula is C25H24N2O2. The van der Waals surface area contributed by atoms with Crippen LogP contribution < -0.4 is 0 Å². The third-order valence-electron chi connectivity index (χ3n) is 6.23. The number of fused-ring (bicyclic) bond motifs is 1. The molecule has 4 nitrogen and oxygen atoms in total. The van der Waals surface area contributed by atoms with E-state index in [0.717, 1.165) is 40.8 Å². The smallest absolute Gasteiger partial charge is 0.254 e. The highest BCUT2D eigenvalue weighted by atomic mass is 16.2. The van der Waals surface area contributed by atoms with Crippen LogP contribution in [0.15, 0.2) is 71.8 Å². The van der Waals surface area contributed by atoms with Gasteiger partial charge in [0.25, 0.3) is 11.8 Å². The van der Waals surface area contributed by atoms with Gasteiger partial charge < -0.3 is 9.80 Å². The second-order valence-electron chi connectivity index (χ2n) is 8.28. The number of allylic oxidation sites excluding steroid dienone is 1. The lowest BCUT2D eigenvalue weighted by molar-refractivity contribution is -0.125. The number of benzene rings is 2. The molecule has 2 amide bonds. The van der Waals surface area contributed by atoms with Crippen LogP contribution in [0.2, 0.25) is 0 Å². The van der Waals surface area contributed by atoms with Gasteiger partial charge >= 0.3 is 0 Å². The maximum atomic E-state index is 12.8. The van der Waals surface area contributed by atoms with Crippen molar-refractivity contribution in [1.29, 1.82) is 0 Å². The highest BCUT2D eigenvalue weighted by Gasteiger charge is 2.32. The Balaban J connectivity index is 1.29. The van der Waals surface area contributed by atoms with Crippen LogP contribution in [0, 0.1) is 5.92 Å². The van der Waals surface area contributed by atoms with Crippen molar-refractivity contribution in [2.75, 3.05) is 6.54 Å². The van der Waals surface area contributed by atoms with Crippen molar-refractivity contribution in [3.05, 3.63) is 94.1 Å². The number of rotatable bonds is 4. The quantitative estimate of drug-likeness (QED) is 0.797. The largest absolute Gasteiger partial charge is 0.330 e. The van der Waals surface area contributed by atoms with E-state index in [2.05, 4.69) is 31.2 Å². The molecule has 0 saturated carbocycles. The van der Waals surface area contributed by atoms with E-state index in [-0.39, 0.29) is 11.8 Å². The van der Waals surface area contributed by atoms with Gasteiger partial charge in [-0.3, -0.25) is 9.59 Å². The molecule has 2 aromatic carbocycles. The predicted molar refractivity (Wildman–Crippen MR) is 112 cm³/mol. The minimum absolute atomic E-state index is 0.0957. The molecule has 0 radical (unpaired) electrons. The molecular weight excluding hydrogens is 360 g/mol. The summed E-state index contributed by atoms with van der Waals surface area (Å²) in [4.78, 5) is 29.3. The molecule has 2 heterocycles. The van der Waals surface area contributed by atoms with Crippen molar-refractivity contribution in [3.8, 4) is 0 Å². The summed E-state index contributed by atoms with van der Waals surface area (Å²) in [6.45, 7) is 4.77. The fourth-order valence-electron chi connectivity index (χ4n) is 4.64. The lowest BCUT2D eigenvalue weighted by Gasteiger charge is -2.20. The maximum Gasteiger partial charge on any atom is 0.254 e. The zero-order valence-electron chi connectivity index (χ0n) is 16.6. The molecule has 2 aliphatic heterocycles. The van der Waals surface area contributed by atoms with Gasteiger partial charge in [-0.05, 0) is 40.7 Å². The first-order valence-electron chi connectivity index (χ1n) is 10.2. The SMILES string of the molecule is CC1CC=CC2=C1CN(Cc1cccc(CN3Cc4ccccc4C3=O)c1)C2=O. The fraction of sp³-hybridized carbons (Fsp3) is 0.280. The minimum atomic E-state index is 0.0957. The number of carbonyl (C=O) groups excluding carboxylic acids is 2. The molecule has 4 heteroatoms. The Morgan fingerprint density at radius 3 is 2.34 bits per heavy atom. The monoisotopic (exact) mass is 384 g/mol. The van der Waals surface area contributed by atoms with Gasteiger partial charge in [0.2, 0.25) is 0 Å². The molecule has 1 aliphatic carbocycles. The van der Waals surface area contributed by atoms with Crippen molar-refractivity contribution in [3.63, 3.8) is 0 Å². The van der Waals surface area contributed by atoms with E-state index in [4.69, 9.17) is 0 Å². The van der Waals surface area contributed by atoms with E-state index in [1.165, 1.54) is 5.57 Å². The molecule has 2 aromatic rings. The topological polar surface area (TPSA) is 40.6 Å². The first-order valence-corrected chi connectivity index (χ1v) is 10.2. The average molecular weight is 384 g/mol. The highest BCUT2D eigenvalue weighted by molar-refractivity contribution is 6.00. The Bertz CT molecular complexity index is 1070. The summed E-state index contributed by atoms with van der Waals surface area (Å²) >= 11 is 0. The van der Waals surface area contributed by atoms with Crippen molar-refractivity contribution in [1.82, 2.24) is 9.80 Å². The Labute approximate surface area is 171 Å². The second-order valence-corrected chi connectivity index (χ2v) is 8.28. The number of hydrogen-bond donors (Lipinski definition) is 0. The van der Waals surface area contributed by atoms with E-state index in [1.807, 2.05) is 46.2 Å². The Hall–Kier alpha value is -3.14. The molecule has 29 heavy (non-hydrogen) atoms. The van der Waals surface area contributed by atoms with Crippen molar-refractivity contribution in [2.24, 2.45) is 5.92 Å². The Morgan fingerprint density at radius 2 is 1.62 bits per heavy atom. The second kappa shape index (κ2) is 7.03. The molecule has 0 N–H and O–H groups in total. The molecule has 1 unspecified atom stereocenters. The van der Waals surface area contributed by atoms with E-state index < -0.39 is 0 Å². The van der Waals surface area contributed by atoms with Crippen molar-refractivity contribution >= 4 is 11.8 Å². The summed E-state index contributed by atoms with van der Waals surface area (Å²) in [5, 5.41) is 0. The van der Waals surface area contributed by atoms with E-state index in [0.29, 0.717) is 25.6 Å². The molecule has 0 spiro atoms. The van der Waals surface area contributed by atoms with Crippen LogP contribution in [0.1, 0.15) is 40.4 Å². The van der Waals surface area contributed by atoms with Crippen LogP contribution in [0.3, 0.4) is 0 Å². The van der Waals surface area contributed by atoms with E-state index in [9.17, 15) is 9.59 Å². The third-order valence-corrected chi connectivity index (χ3v) is 6.23. The Morgan fingerprint density at radius 1 is 0.897 bits per heavy atom. The molecule has 0 saturated heterocycles. The fourth-order valence-corrected chi connectivity index (χ4v) is 4.64. The van der Waals surface area contributed by atoms with Crippen LogP contribution in [-0.4, -0.2) is 28.2 Å². The summed E-state index contributed by atoms with van der Waals surface area (Å²) in [5.74, 6) is 0.676. The molecule has 1 atom stereocenters. The lowest BCUT2D eigenvalue weighted by Crippen LogP contribution is -2.27. The molecule has 3 aliphatic rings. The summed E-state index contributed by atoms with van der Waals surface area (Å²) in [5.41, 5.74) is 6.27. The standard InChI is InChI=1S/C25H24N2O2/c1-17-6-4-11-22-23(17)16-27(25(22)29)14-19-8-5-7-18(12-19)13-26-15-20-9-2-3-10-21(20)24(26)28/h2-5,7-12,17H,6,13-16H2,1H3. The van der Waals surface area contributed by atoms with E-state index >= 15 is 0 Å². The number of hydrogen-bond acceptors (Lipinski definition) is 2. The minimum Gasteiger partial charge on any atom is -0.330 e. The van der Waals surface area contributed by atoms with Crippen LogP contribution in [0.5, 0.6) is 0 Å². The number of carbonyl (C=O) groups is 2. The van der Waals surface area contributed by atoms with Gasteiger partial charge in [-0.25, -0.2) is 0 Å². The van der Waals surface area contributed by atoms with Gasteiger partial charge in [-0.2, -0.15) is 0 Å². The highest BCUT2D eigenvalue weighted by Crippen LogP contribution is 2.33. The zero-order valence-corrected chi connectivity index (χ0v) is 16.6. The summed E-state index contributed by atoms with van der Waals surface area (Å²) in [6, 6.07) is 16.1. The van der Waals surface area contributed by atoms with Crippen molar-refractivity contribution < 1.29 is 9.59 Å². The van der Waals surface area contributed by atoms with Crippen LogP contribution in [0.25, 0.3) is 0 Å². The molecule has 146 valence electrons. The summed E-state index contributed by atoms with van der Waals surface area (Å²) < 4.78 is 0. The molecule has 5 rings (SSSR count). The van der Waals surface area contributed by atoms with Crippen LogP contribution >= 0.6 is 0 Å². The van der Waals surface area contributed by atoms with Gasteiger partial charge in [0.1, 0.15) is 0 Å². The lowest BCUT2D eigenvalue weighted by atomic mass is 9.90. The first-order chi connectivity index (χ1) is 14.1. The third kappa shape index (κ3) is 3.19. The molecule has 0 bridgehead atoms. The van der Waals surface area contributed by atoms with Crippen LogP contribution in [0.4, 0.5) is 0 Å². The van der Waals surface area contributed by atoms with Gasteiger partial charge in [0.15, 0.2) is 0 Å². The Kier molecular flexibility index (Phi) is 4.35. The van der Waals surface area contributed by atoms with Gasteiger partial charge in [0, 0.05) is 37.3 Å². The number of nitrogens with zero attached hydrogens (tertiary/aromatic N) is 2. The van der Waals surface area contributed by atoms with E-state index in [1.54, 1.807) is 0 Å². The number of amides is 2. The van der Waals surface area contributed by atoms with Crippen LogP contribution in [-0.2, 0) is 24.4 Å². The maximum absolute atomic E-state index is 12.8. The summed E-state index contributed by atoms with van der Waals surface area (Å²) in [7, 11) is 0. The molecule has 0 aromatic heterocycles. The first kappa shape index (κ1) is 17.9. The normalized spacial score (nSPS) is 20.5. The average Bonchev–Trinajstić information content (AvgIpc) is 3.21. The molecule has 0 fully saturated rings. The van der Waals surface area contributed by atoms with Gasteiger partial charge in [0.05, 0.1) is 0 Å². The zero-order chi connectivity index (χ0) is 20.0.